The number of thiophene rings is 1. The van der Waals surface area contributed by atoms with Crippen molar-refractivity contribution in [1.82, 2.24) is 0 Å². The molecule has 13 heavy (non-hydrogen) atoms. The normalized spacial score (nSPS) is 12.5. The van der Waals surface area contributed by atoms with E-state index in [1.165, 1.54) is 4.88 Å². The van der Waals surface area contributed by atoms with E-state index in [4.69, 9.17) is 10.4 Å². The fraction of sp³-hybridized carbons (Fsp3) is 0.444. The lowest BCUT2D eigenvalue weighted by Gasteiger charge is -2.00. The number of aryl methyl sites for hydroxylation is 1. The van der Waals surface area contributed by atoms with Gasteiger partial charge in [-0.05, 0) is 35.3 Å². The summed E-state index contributed by atoms with van der Waals surface area (Å²) in [5.41, 5.74) is 0. The van der Waals surface area contributed by atoms with Gasteiger partial charge in [0, 0.05) is 14.2 Å². The number of nitriles is 1. The molecule has 1 heterocycles. The summed E-state index contributed by atoms with van der Waals surface area (Å²) < 4.78 is 1.09. The molecule has 0 aliphatic carbocycles. The molecule has 0 saturated heterocycles. The maximum Gasteiger partial charge on any atom is 0.0742 e. The molecule has 0 radical (unpaired) electrons. The molecule has 1 N–H and O–H groups in total. The minimum atomic E-state index is -0.273. The zero-order valence-corrected chi connectivity index (χ0v) is 9.65. The Labute approximate surface area is 90.0 Å². The number of aliphatic hydroxyl groups excluding tert-OH is 1. The van der Waals surface area contributed by atoms with Crippen molar-refractivity contribution in [1.29, 1.82) is 5.26 Å². The van der Waals surface area contributed by atoms with Crippen LogP contribution in [0, 0.1) is 24.2 Å². The van der Waals surface area contributed by atoms with Crippen molar-refractivity contribution in [2.75, 3.05) is 6.61 Å². The van der Waals surface area contributed by atoms with E-state index in [0.29, 0.717) is 6.42 Å². The average molecular weight is 260 g/mol. The van der Waals surface area contributed by atoms with Gasteiger partial charge in [-0.1, -0.05) is 0 Å². The van der Waals surface area contributed by atoms with Gasteiger partial charge in [-0.2, -0.15) is 5.26 Å². The molecule has 70 valence electrons. The summed E-state index contributed by atoms with van der Waals surface area (Å²) in [5, 5.41) is 17.5. The van der Waals surface area contributed by atoms with E-state index in [9.17, 15) is 0 Å². The highest BCUT2D eigenvalue weighted by Crippen LogP contribution is 2.27. The number of hydrogen-bond donors (Lipinski definition) is 1. The molecule has 2 nitrogen and oxygen atoms in total. The smallest absolute Gasteiger partial charge is 0.0742 e. The molecule has 1 aromatic heterocycles. The number of halogens is 1. The van der Waals surface area contributed by atoms with Gasteiger partial charge in [-0.3, -0.25) is 0 Å². The van der Waals surface area contributed by atoms with Crippen LogP contribution in [0.5, 0.6) is 0 Å². The molecule has 0 fully saturated rings. The third-order valence-corrected chi connectivity index (χ3v) is 3.92. The molecule has 0 spiro atoms. The zero-order chi connectivity index (χ0) is 9.84. The highest BCUT2D eigenvalue weighted by Gasteiger charge is 2.10. The van der Waals surface area contributed by atoms with Crippen molar-refractivity contribution in [2.24, 2.45) is 5.92 Å². The monoisotopic (exact) mass is 259 g/mol. The van der Waals surface area contributed by atoms with Crippen molar-refractivity contribution >= 4 is 27.3 Å². The molecule has 1 rings (SSSR count). The van der Waals surface area contributed by atoms with Gasteiger partial charge in [0.25, 0.3) is 0 Å². The van der Waals surface area contributed by atoms with Crippen molar-refractivity contribution in [2.45, 2.75) is 13.3 Å². The van der Waals surface area contributed by atoms with E-state index in [1.54, 1.807) is 11.3 Å². The molecule has 4 heteroatoms. The molecule has 0 aromatic carbocycles. The van der Waals surface area contributed by atoms with Crippen LogP contribution in [0.1, 0.15) is 9.75 Å². The van der Waals surface area contributed by atoms with Gasteiger partial charge in [0.1, 0.15) is 0 Å². The fourth-order valence-corrected chi connectivity index (χ4v) is 2.69. The third kappa shape index (κ3) is 2.80. The quantitative estimate of drug-likeness (QED) is 0.907. The maximum absolute atomic E-state index is 8.83. The Kier molecular flexibility index (Phi) is 3.91. The van der Waals surface area contributed by atoms with Crippen LogP contribution in [-0.4, -0.2) is 11.7 Å². The number of hydrogen-bond acceptors (Lipinski definition) is 3. The van der Waals surface area contributed by atoms with Crippen molar-refractivity contribution < 1.29 is 5.11 Å². The van der Waals surface area contributed by atoms with E-state index in [2.05, 4.69) is 22.0 Å². The van der Waals surface area contributed by atoms with Crippen LogP contribution >= 0.6 is 27.3 Å². The first-order chi connectivity index (χ1) is 6.17. The van der Waals surface area contributed by atoms with Crippen LogP contribution in [0.3, 0.4) is 0 Å². The predicted molar refractivity (Wildman–Crippen MR) is 56.6 cm³/mol. The summed E-state index contributed by atoms with van der Waals surface area (Å²) in [6.45, 7) is 1.96. The van der Waals surface area contributed by atoms with E-state index in [-0.39, 0.29) is 12.5 Å². The van der Waals surface area contributed by atoms with Crippen LogP contribution in [0.2, 0.25) is 0 Å². The molecule has 0 bridgehead atoms. The largest absolute Gasteiger partial charge is 0.395 e. The predicted octanol–water partition coefficient (Wildman–Crippen LogP) is 2.49. The van der Waals surface area contributed by atoms with Gasteiger partial charge in [0.2, 0.25) is 0 Å². The lowest BCUT2D eigenvalue weighted by atomic mass is 10.1. The Bertz CT molecular complexity index is 309. The van der Waals surface area contributed by atoms with Crippen molar-refractivity contribution in [3.8, 4) is 6.07 Å². The summed E-state index contributed by atoms with van der Waals surface area (Å²) in [6, 6.07) is 4.08. The van der Waals surface area contributed by atoms with Gasteiger partial charge in [-0.15, -0.1) is 11.3 Å². The Morgan fingerprint density at radius 1 is 1.77 bits per heavy atom. The lowest BCUT2D eigenvalue weighted by molar-refractivity contribution is 0.256. The first-order valence-corrected chi connectivity index (χ1v) is 5.53. The van der Waals surface area contributed by atoms with Crippen LogP contribution in [0.4, 0.5) is 0 Å². The Morgan fingerprint density at radius 3 is 2.85 bits per heavy atom. The second-order valence-corrected chi connectivity index (χ2v) is 5.02. The Morgan fingerprint density at radius 2 is 2.46 bits per heavy atom. The molecule has 0 amide bonds. The second-order valence-electron chi connectivity index (χ2n) is 2.83. The van der Waals surface area contributed by atoms with E-state index in [0.717, 1.165) is 9.35 Å². The Balaban J connectivity index is 2.69. The number of nitrogens with zero attached hydrogens (tertiary/aromatic N) is 1. The van der Waals surface area contributed by atoms with Crippen LogP contribution in [0.15, 0.2) is 10.5 Å². The Hall–Kier alpha value is -0.370. The minimum Gasteiger partial charge on any atom is -0.395 e. The highest BCUT2D eigenvalue weighted by atomic mass is 79.9. The first kappa shape index (κ1) is 10.7. The standard InChI is InChI=1S/C9H10BrNOS/c1-6-9(10)3-8(13-6)2-7(4-11)5-12/h3,7,12H,2,5H2,1H3. The van der Waals surface area contributed by atoms with Gasteiger partial charge in [0.05, 0.1) is 18.6 Å². The van der Waals surface area contributed by atoms with Gasteiger partial charge in [0.15, 0.2) is 0 Å². The minimum absolute atomic E-state index is 0.0644. The average Bonchev–Trinajstić information content (AvgIpc) is 2.42. The summed E-state index contributed by atoms with van der Waals surface area (Å²) in [5.74, 6) is -0.273. The number of rotatable bonds is 3. The summed E-state index contributed by atoms with van der Waals surface area (Å²) in [4.78, 5) is 2.36. The van der Waals surface area contributed by atoms with Crippen LogP contribution in [-0.2, 0) is 6.42 Å². The topological polar surface area (TPSA) is 44.0 Å². The molecule has 1 unspecified atom stereocenters. The molecule has 0 saturated carbocycles. The fourth-order valence-electron chi connectivity index (χ4n) is 1.01. The summed E-state index contributed by atoms with van der Waals surface area (Å²) >= 11 is 5.08. The molecular weight excluding hydrogens is 250 g/mol. The maximum atomic E-state index is 8.83. The van der Waals surface area contributed by atoms with Gasteiger partial charge in [-0.25, -0.2) is 0 Å². The molecule has 1 aromatic rings. The third-order valence-electron chi connectivity index (χ3n) is 1.76. The molecule has 0 aliphatic rings. The molecular formula is C9H10BrNOS. The molecule has 0 aliphatic heterocycles. The summed E-state index contributed by atoms with van der Waals surface area (Å²) in [7, 11) is 0. The molecule has 1 atom stereocenters. The summed E-state index contributed by atoms with van der Waals surface area (Å²) in [6.07, 6.45) is 0.643. The highest BCUT2D eigenvalue weighted by molar-refractivity contribution is 9.10. The van der Waals surface area contributed by atoms with E-state index in [1.807, 2.05) is 13.0 Å². The second kappa shape index (κ2) is 4.75. The van der Waals surface area contributed by atoms with Crippen molar-refractivity contribution in [3.63, 3.8) is 0 Å². The SMILES string of the molecule is Cc1sc(CC(C#N)CO)cc1Br. The first-order valence-electron chi connectivity index (χ1n) is 3.92. The van der Waals surface area contributed by atoms with Gasteiger partial charge < -0.3 is 5.11 Å². The van der Waals surface area contributed by atoms with Crippen LogP contribution in [0.25, 0.3) is 0 Å². The van der Waals surface area contributed by atoms with Crippen LogP contribution < -0.4 is 0 Å². The zero-order valence-electron chi connectivity index (χ0n) is 7.25. The van der Waals surface area contributed by atoms with E-state index < -0.39 is 0 Å². The van der Waals surface area contributed by atoms with Gasteiger partial charge >= 0.3 is 0 Å². The lowest BCUT2D eigenvalue weighted by Crippen LogP contribution is -2.05. The van der Waals surface area contributed by atoms with E-state index >= 15 is 0 Å². The number of aliphatic hydroxyl groups is 1. The van der Waals surface area contributed by atoms with Crippen molar-refractivity contribution in [3.05, 3.63) is 20.3 Å².